The fourth-order valence-corrected chi connectivity index (χ4v) is 1.83. The van der Waals surface area contributed by atoms with Crippen molar-refractivity contribution in [2.75, 3.05) is 26.1 Å². The van der Waals surface area contributed by atoms with Crippen molar-refractivity contribution in [3.63, 3.8) is 0 Å². The lowest BCUT2D eigenvalue weighted by molar-refractivity contribution is 0.158. The van der Waals surface area contributed by atoms with Crippen molar-refractivity contribution in [3.05, 3.63) is 21.9 Å². The van der Waals surface area contributed by atoms with Gasteiger partial charge in [-0.15, -0.1) is 0 Å². The highest BCUT2D eigenvalue weighted by Crippen LogP contribution is 2.19. The molecule has 18 heavy (non-hydrogen) atoms. The van der Waals surface area contributed by atoms with Crippen LogP contribution >= 0.6 is 22.6 Å². The summed E-state index contributed by atoms with van der Waals surface area (Å²) < 4.78 is 10.8. The monoisotopic (exact) mass is 363 g/mol. The molecule has 0 radical (unpaired) electrons. The third-order valence-corrected chi connectivity index (χ3v) is 2.65. The Labute approximate surface area is 121 Å². The van der Waals surface area contributed by atoms with Crippen molar-refractivity contribution >= 4 is 34.5 Å². The first-order valence-corrected chi connectivity index (χ1v) is 6.55. The molecule has 0 aliphatic rings. The van der Waals surface area contributed by atoms with Crippen LogP contribution in [0.2, 0.25) is 0 Å². The van der Waals surface area contributed by atoms with Gasteiger partial charge in [0.05, 0.1) is 25.5 Å². The van der Waals surface area contributed by atoms with Crippen molar-refractivity contribution < 1.29 is 9.47 Å². The fourth-order valence-electron chi connectivity index (χ4n) is 1.45. The van der Waals surface area contributed by atoms with Gasteiger partial charge in [-0.05, 0) is 19.9 Å². The molecule has 0 saturated carbocycles. The van der Waals surface area contributed by atoms with Crippen molar-refractivity contribution in [1.82, 2.24) is 9.97 Å². The third-order valence-electron chi connectivity index (χ3n) is 2.13. The standard InChI is InChI=1S/C12H18IN3O2/c1-12(2,8-18-4)16-10-9(5-6-17-3)7-14-11(13)15-10/h5-7H,8H2,1-4H3,(H,14,15,16)/b6-5+. The number of hydrogen-bond acceptors (Lipinski definition) is 5. The smallest absolute Gasteiger partial charge is 0.192 e. The molecule has 1 aromatic heterocycles. The summed E-state index contributed by atoms with van der Waals surface area (Å²) in [6, 6.07) is 0. The fraction of sp³-hybridized carbons (Fsp3) is 0.500. The molecule has 0 aliphatic carbocycles. The van der Waals surface area contributed by atoms with Crippen LogP contribution in [-0.4, -0.2) is 36.3 Å². The molecule has 0 atom stereocenters. The molecule has 0 unspecified atom stereocenters. The van der Waals surface area contributed by atoms with Crippen molar-refractivity contribution in [1.29, 1.82) is 0 Å². The number of rotatable bonds is 6. The number of nitrogens with one attached hydrogen (secondary N) is 1. The van der Waals surface area contributed by atoms with Gasteiger partial charge >= 0.3 is 0 Å². The Hall–Kier alpha value is -0.890. The van der Waals surface area contributed by atoms with Gasteiger partial charge in [-0.1, -0.05) is 0 Å². The molecule has 1 aromatic rings. The van der Waals surface area contributed by atoms with E-state index in [0.29, 0.717) is 10.4 Å². The number of methoxy groups -OCH3 is 2. The predicted molar refractivity (Wildman–Crippen MR) is 80.4 cm³/mol. The van der Waals surface area contributed by atoms with Crippen LogP contribution in [0.3, 0.4) is 0 Å². The minimum atomic E-state index is -0.207. The lowest BCUT2D eigenvalue weighted by Gasteiger charge is -2.26. The zero-order valence-corrected chi connectivity index (χ0v) is 13.2. The largest absolute Gasteiger partial charge is 0.504 e. The minimum Gasteiger partial charge on any atom is -0.504 e. The van der Waals surface area contributed by atoms with Crippen LogP contribution in [0.25, 0.3) is 6.08 Å². The highest BCUT2D eigenvalue weighted by Gasteiger charge is 2.19. The lowest BCUT2D eigenvalue weighted by atomic mass is 10.1. The molecule has 100 valence electrons. The first kappa shape index (κ1) is 15.2. The molecule has 0 amide bonds. The van der Waals surface area contributed by atoms with E-state index in [1.54, 1.807) is 26.7 Å². The van der Waals surface area contributed by atoms with E-state index in [0.717, 1.165) is 11.4 Å². The van der Waals surface area contributed by atoms with E-state index >= 15 is 0 Å². The minimum absolute atomic E-state index is 0.207. The molecule has 0 fully saturated rings. The Bertz CT molecular complexity index is 422. The molecule has 0 bridgehead atoms. The summed E-state index contributed by atoms with van der Waals surface area (Å²) in [5.41, 5.74) is 0.670. The van der Waals surface area contributed by atoms with E-state index < -0.39 is 0 Å². The first-order valence-electron chi connectivity index (χ1n) is 5.47. The van der Waals surface area contributed by atoms with Gasteiger partial charge in [0, 0.05) is 41.5 Å². The van der Waals surface area contributed by atoms with Crippen LogP contribution in [0.5, 0.6) is 0 Å². The summed E-state index contributed by atoms with van der Waals surface area (Å²) in [6.07, 6.45) is 5.18. The van der Waals surface area contributed by atoms with E-state index in [1.807, 2.05) is 6.08 Å². The van der Waals surface area contributed by atoms with Crippen LogP contribution in [0, 0.1) is 3.83 Å². The first-order chi connectivity index (χ1) is 8.48. The Kier molecular flexibility index (Phi) is 5.80. The molecular formula is C12H18IN3O2. The average Bonchev–Trinajstić information content (AvgIpc) is 2.27. The predicted octanol–water partition coefficient (Wildman–Crippen LogP) is 2.54. The summed E-state index contributed by atoms with van der Waals surface area (Å²) in [4.78, 5) is 8.56. The van der Waals surface area contributed by atoms with Crippen molar-refractivity contribution in [2.24, 2.45) is 0 Å². The zero-order chi connectivity index (χ0) is 13.6. The van der Waals surface area contributed by atoms with Gasteiger partial charge in [0.1, 0.15) is 5.82 Å². The van der Waals surface area contributed by atoms with Crippen molar-refractivity contribution in [2.45, 2.75) is 19.4 Å². The summed E-state index contributed by atoms with van der Waals surface area (Å²) in [7, 11) is 3.28. The van der Waals surface area contributed by atoms with E-state index in [-0.39, 0.29) is 5.54 Å². The highest BCUT2D eigenvalue weighted by atomic mass is 127. The van der Waals surface area contributed by atoms with Crippen LogP contribution in [0.4, 0.5) is 5.82 Å². The van der Waals surface area contributed by atoms with Crippen LogP contribution < -0.4 is 5.32 Å². The molecular weight excluding hydrogens is 345 g/mol. The van der Waals surface area contributed by atoms with E-state index in [1.165, 1.54) is 0 Å². The Morgan fingerprint density at radius 2 is 2.17 bits per heavy atom. The Balaban J connectivity index is 2.98. The second-order valence-electron chi connectivity index (χ2n) is 4.42. The zero-order valence-electron chi connectivity index (χ0n) is 11.0. The number of ether oxygens (including phenoxy) is 2. The van der Waals surface area contributed by atoms with Crippen LogP contribution in [0.1, 0.15) is 19.4 Å². The second-order valence-corrected chi connectivity index (χ2v) is 5.39. The molecule has 1 N–H and O–H groups in total. The summed E-state index contributed by atoms with van der Waals surface area (Å²) in [5, 5.41) is 3.35. The van der Waals surface area contributed by atoms with Gasteiger partial charge in [-0.3, -0.25) is 0 Å². The van der Waals surface area contributed by atoms with Gasteiger partial charge in [0.15, 0.2) is 3.83 Å². The topological polar surface area (TPSA) is 56.3 Å². The number of hydrogen-bond donors (Lipinski definition) is 1. The van der Waals surface area contributed by atoms with Gasteiger partial charge in [0.2, 0.25) is 0 Å². The maximum Gasteiger partial charge on any atom is 0.192 e. The summed E-state index contributed by atoms with van der Waals surface area (Å²) >= 11 is 2.08. The molecule has 5 nitrogen and oxygen atoms in total. The molecule has 0 spiro atoms. The number of aromatic nitrogens is 2. The number of halogens is 1. The number of nitrogens with zero attached hydrogens (tertiary/aromatic N) is 2. The average molecular weight is 363 g/mol. The SMILES string of the molecule is CO/C=C/c1cnc(I)nc1NC(C)(C)COC. The lowest BCUT2D eigenvalue weighted by Crippen LogP contribution is -2.36. The van der Waals surface area contributed by atoms with E-state index in [4.69, 9.17) is 9.47 Å². The second kappa shape index (κ2) is 6.89. The third kappa shape index (κ3) is 4.77. The molecule has 0 aliphatic heterocycles. The summed E-state index contributed by atoms with van der Waals surface area (Å²) in [5.74, 6) is 0.768. The van der Waals surface area contributed by atoms with Gasteiger partial charge in [-0.2, -0.15) is 0 Å². The summed E-state index contributed by atoms with van der Waals surface area (Å²) in [6.45, 7) is 4.69. The molecule has 0 aromatic carbocycles. The normalized spacial score (nSPS) is 11.8. The van der Waals surface area contributed by atoms with Crippen LogP contribution in [-0.2, 0) is 9.47 Å². The molecule has 0 saturated heterocycles. The molecule has 1 rings (SSSR count). The van der Waals surface area contributed by atoms with Crippen LogP contribution in [0.15, 0.2) is 12.5 Å². The maximum absolute atomic E-state index is 5.18. The number of anilines is 1. The molecule has 6 heteroatoms. The van der Waals surface area contributed by atoms with Gasteiger partial charge in [0.25, 0.3) is 0 Å². The van der Waals surface area contributed by atoms with E-state index in [9.17, 15) is 0 Å². The Morgan fingerprint density at radius 1 is 1.44 bits per heavy atom. The van der Waals surface area contributed by atoms with E-state index in [2.05, 4.69) is 51.7 Å². The Morgan fingerprint density at radius 3 is 2.78 bits per heavy atom. The van der Waals surface area contributed by atoms with Crippen molar-refractivity contribution in [3.8, 4) is 0 Å². The highest BCUT2D eigenvalue weighted by molar-refractivity contribution is 14.1. The quantitative estimate of drug-likeness (QED) is 0.478. The van der Waals surface area contributed by atoms with Gasteiger partial charge in [-0.25, -0.2) is 9.97 Å². The van der Waals surface area contributed by atoms with Gasteiger partial charge < -0.3 is 14.8 Å². The molecule has 1 heterocycles. The maximum atomic E-state index is 5.18.